The summed E-state index contributed by atoms with van der Waals surface area (Å²) in [5, 5.41) is 3.71. The fraction of sp³-hybridized carbons (Fsp3) is 0.176. The van der Waals surface area contributed by atoms with Gasteiger partial charge in [0.1, 0.15) is 0 Å². The molecule has 2 aromatic heterocycles. The Kier molecular flexibility index (Phi) is 4.35. The van der Waals surface area contributed by atoms with Gasteiger partial charge >= 0.3 is 6.18 Å². The van der Waals surface area contributed by atoms with E-state index < -0.39 is 17.6 Å². The highest BCUT2D eigenvalue weighted by molar-refractivity contribution is 5.92. The summed E-state index contributed by atoms with van der Waals surface area (Å²) in [6.07, 6.45) is -2.92. The molecule has 130 valence electrons. The first-order valence-electron chi connectivity index (χ1n) is 7.27. The van der Waals surface area contributed by atoms with Gasteiger partial charge in [0.05, 0.1) is 11.8 Å². The van der Waals surface area contributed by atoms with Crippen LogP contribution in [0.5, 0.6) is 0 Å². The monoisotopic (exact) mass is 350 g/mol. The molecule has 8 heteroatoms. The molecule has 1 amide bonds. The molecule has 3 aromatic rings. The number of halogens is 3. The van der Waals surface area contributed by atoms with Crippen molar-refractivity contribution in [3.05, 3.63) is 65.5 Å². The van der Waals surface area contributed by atoms with Crippen LogP contribution in [-0.2, 0) is 12.7 Å². The van der Waals surface area contributed by atoms with E-state index in [0.29, 0.717) is 17.1 Å². The standard InChI is InChI=1S/C17H13F3N2O3/c1-22(10-11-4-6-12(7-5-11)17(18,19)20)16(23)13-9-15(25-21-13)14-3-2-8-24-14/h2-9H,10H2,1H3. The second kappa shape index (κ2) is 6.46. The number of benzene rings is 1. The molecule has 0 aliphatic heterocycles. The number of rotatable bonds is 4. The number of hydrogen-bond acceptors (Lipinski definition) is 4. The predicted octanol–water partition coefficient (Wildman–Crippen LogP) is 4.23. The van der Waals surface area contributed by atoms with E-state index in [9.17, 15) is 18.0 Å². The predicted molar refractivity (Wildman–Crippen MR) is 81.4 cm³/mol. The van der Waals surface area contributed by atoms with Crippen LogP contribution in [0.25, 0.3) is 11.5 Å². The zero-order chi connectivity index (χ0) is 18.0. The van der Waals surface area contributed by atoms with Gasteiger partial charge in [-0.3, -0.25) is 4.79 Å². The molecule has 1 aromatic carbocycles. The lowest BCUT2D eigenvalue weighted by Crippen LogP contribution is -2.26. The summed E-state index contributed by atoms with van der Waals surface area (Å²) in [7, 11) is 1.53. The summed E-state index contributed by atoms with van der Waals surface area (Å²) < 4.78 is 47.9. The molecule has 0 radical (unpaired) electrons. The van der Waals surface area contributed by atoms with Crippen molar-refractivity contribution in [3.8, 4) is 11.5 Å². The molecule has 0 fully saturated rings. The smallest absolute Gasteiger partial charge is 0.416 e. The van der Waals surface area contributed by atoms with Crippen LogP contribution in [0.3, 0.4) is 0 Å². The third kappa shape index (κ3) is 3.73. The highest BCUT2D eigenvalue weighted by Gasteiger charge is 2.30. The van der Waals surface area contributed by atoms with Crippen molar-refractivity contribution in [3.63, 3.8) is 0 Å². The van der Waals surface area contributed by atoms with Gasteiger partial charge in [0.15, 0.2) is 11.5 Å². The number of furan rings is 1. The lowest BCUT2D eigenvalue weighted by molar-refractivity contribution is -0.137. The Morgan fingerprint density at radius 3 is 2.48 bits per heavy atom. The molecule has 0 bridgehead atoms. The lowest BCUT2D eigenvalue weighted by atomic mass is 10.1. The average Bonchev–Trinajstić information content (AvgIpc) is 3.25. The van der Waals surface area contributed by atoms with E-state index >= 15 is 0 Å². The fourth-order valence-corrected chi connectivity index (χ4v) is 2.25. The van der Waals surface area contributed by atoms with Crippen molar-refractivity contribution < 1.29 is 26.9 Å². The molecule has 25 heavy (non-hydrogen) atoms. The molecular formula is C17H13F3N2O3. The third-order valence-corrected chi connectivity index (χ3v) is 3.54. The molecule has 0 N–H and O–H groups in total. The quantitative estimate of drug-likeness (QED) is 0.707. The van der Waals surface area contributed by atoms with Crippen molar-refractivity contribution in [2.75, 3.05) is 7.05 Å². The first-order chi connectivity index (χ1) is 11.8. The fourth-order valence-electron chi connectivity index (χ4n) is 2.25. The minimum Gasteiger partial charge on any atom is -0.461 e. The number of nitrogens with zero attached hydrogens (tertiary/aromatic N) is 2. The summed E-state index contributed by atoms with van der Waals surface area (Å²) in [4.78, 5) is 13.7. The van der Waals surface area contributed by atoms with E-state index in [2.05, 4.69) is 5.16 Å². The van der Waals surface area contributed by atoms with Crippen molar-refractivity contribution in [2.45, 2.75) is 12.7 Å². The molecule has 0 unspecified atom stereocenters. The van der Waals surface area contributed by atoms with Crippen LogP contribution < -0.4 is 0 Å². The van der Waals surface area contributed by atoms with Gasteiger partial charge in [-0.1, -0.05) is 17.3 Å². The maximum atomic E-state index is 12.6. The van der Waals surface area contributed by atoms with E-state index in [4.69, 9.17) is 8.94 Å². The molecule has 0 spiro atoms. The largest absolute Gasteiger partial charge is 0.461 e. The van der Waals surface area contributed by atoms with Crippen LogP contribution in [0.2, 0.25) is 0 Å². The Hall–Kier alpha value is -3.03. The maximum absolute atomic E-state index is 12.6. The van der Waals surface area contributed by atoms with E-state index in [-0.39, 0.29) is 12.2 Å². The van der Waals surface area contributed by atoms with Gasteiger partial charge in [0, 0.05) is 19.7 Å². The zero-order valence-electron chi connectivity index (χ0n) is 13.1. The van der Waals surface area contributed by atoms with Gasteiger partial charge in [-0.25, -0.2) is 0 Å². The van der Waals surface area contributed by atoms with Crippen LogP contribution in [0.15, 0.2) is 57.7 Å². The number of carbonyl (C=O) groups excluding carboxylic acids is 1. The van der Waals surface area contributed by atoms with Crippen LogP contribution in [0, 0.1) is 0 Å². The van der Waals surface area contributed by atoms with Crippen LogP contribution in [-0.4, -0.2) is 23.0 Å². The third-order valence-electron chi connectivity index (χ3n) is 3.54. The minimum absolute atomic E-state index is 0.0841. The van der Waals surface area contributed by atoms with Gasteiger partial charge in [-0.05, 0) is 29.8 Å². The number of carbonyl (C=O) groups is 1. The van der Waals surface area contributed by atoms with Gasteiger partial charge in [-0.2, -0.15) is 13.2 Å². The van der Waals surface area contributed by atoms with Crippen molar-refractivity contribution >= 4 is 5.91 Å². The lowest BCUT2D eigenvalue weighted by Gasteiger charge is -2.16. The van der Waals surface area contributed by atoms with E-state index in [1.165, 1.54) is 36.4 Å². The molecule has 0 aliphatic rings. The highest BCUT2D eigenvalue weighted by atomic mass is 19.4. The summed E-state index contributed by atoms with van der Waals surface area (Å²) >= 11 is 0. The van der Waals surface area contributed by atoms with Crippen LogP contribution in [0.4, 0.5) is 13.2 Å². The zero-order valence-corrected chi connectivity index (χ0v) is 13.1. The number of alkyl halides is 3. The molecule has 0 aliphatic carbocycles. The SMILES string of the molecule is CN(Cc1ccc(C(F)(F)F)cc1)C(=O)c1cc(-c2ccco2)on1. The normalized spacial score (nSPS) is 11.5. The van der Waals surface area contributed by atoms with E-state index in [0.717, 1.165) is 12.1 Å². The van der Waals surface area contributed by atoms with Gasteiger partial charge < -0.3 is 13.8 Å². The second-order valence-corrected chi connectivity index (χ2v) is 5.41. The van der Waals surface area contributed by atoms with Crippen LogP contribution >= 0.6 is 0 Å². The Labute approximate surface area is 140 Å². The van der Waals surface area contributed by atoms with E-state index in [1.54, 1.807) is 12.1 Å². The van der Waals surface area contributed by atoms with Crippen molar-refractivity contribution in [1.29, 1.82) is 0 Å². The maximum Gasteiger partial charge on any atom is 0.416 e. The molecule has 3 rings (SSSR count). The molecule has 2 heterocycles. The summed E-state index contributed by atoms with van der Waals surface area (Å²) in [6, 6.07) is 9.44. The minimum atomic E-state index is -4.39. The van der Waals surface area contributed by atoms with Gasteiger partial charge in [-0.15, -0.1) is 0 Å². The molecule has 5 nitrogen and oxygen atoms in total. The van der Waals surface area contributed by atoms with Crippen molar-refractivity contribution in [2.24, 2.45) is 0 Å². The summed E-state index contributed by atoms with van der Waals surface area (Å²) in [5.74, 6) is 0.342. The van der Waals surface area contributed by atoms with Crippen molar-refractivity contribution in [1.82, 2.24) is 10.1 Å². The summed E-state index contributed by atoms with van der Waals surface area (Å²) in [6.45, 7) is 0.139. The van der Waals surface area contributed by atoms with Gasteiger partial charge in [0.25, 0.3) is 5.91 Å². The first-order valence-corrected chi connectivity index (χ1v) is 7.27. The van der Waals surface area contributed by atoms with Crippen LogP contribution in [0.1, 0.15) is 21.6 Å². The number of aromatic nitrogens is 1. The molecular weight excluding hydrogens is 337 g/mol. The Bertz CT molecular complexity index is 852. The average molecular weight is 350 g/mol. The number of hydrogen-bond donors (Lipinski definition) is 0. The first kappa shape index (κ1) is 16.8. The summed E-state index contributed by atoms with van der Waals surface area (Å²) in [5.41, 5.74) is -0.0794. The Balaban J connectivity index is 1.69. The topological polar surface area (TPSA) is 59.5 Å². The Morgan fingerprint density at radius 1 is 1.16 bits per heavy atom. The second-order valence-electron chi connectivity index (χ2n) is 5.41. The molecule has 0 atom stereocenters. The van der Waals surface area contributed by atoms with Gasteiger partial charge in [0.2, 0.25) is 5.76 Å². The van der Waals surface area contributed by atoms with E-state index in [1.807, 2.05) is 0 Å². The molecule has 0 saturated heterocycles. The highest BCUT2D eigenvalue weighted by Crippen LogP contribution is 2.29. The number of amides is 1. The molecule has 0 saturated carbocycles. The Morgan fingerprint density at radius 2 is 1.88 bits per heavy atom.